The maximum absolute atomic E-state index is 9.83. The van der Waals surface area contributed by atoms with E-state index in [9.17, 15) is 4.79 Å². The van der Waals surface area contributed by atoms with E-state index in [0.29, 0.717) is 25.3 Å². The highest BCUT2D eigenvalue weighted by atomic mass is 32.2. The molecule has 0 aromatic rings. The highest BCUT2D eigenvalue weighted by molar-refractivity contribution is 7.98. The number of hydrogen-bond acceptors (Lipinski definition) is 3. The highest BCUT2D eigenvalue weighted by Crippen LogP contribution is 1.94. The van der Waals surface area contributed by atoms with Crippen LogP contribution in [-0.4, -0.2) is 37.3 Å². The van der Waals surface area contributed by atoms with E-state index >= 15 is 0 Å². The maximum atomic E-state index is 9.83. The Morgan fingerprint density at radius 2 is 2.50 bits per heavy atom. The molecule has 0 radical (unpaired) electrons. The molecule has 12 heavy (non-hydrogen) atoms. The molecule has 0 spiro atoms. The summed E-state index contributed by atoms with van der Waals surface area (Å²) in [5, 5.41) is 2.51. The lowest BCUT2D eigenvalue weighted by molar-refractivity contribution is -0.109. The molecular formula is C7H15N3OS. The molecule has 0 aliphatic heterocycles. The van der Waals surface area contributed by atoms with Gasteiger partial charge in [-0.25, -0.2) is 0 Å². The fourth-order valence-electron chi connectivity index (χ4n) is 0.609. The average molecular weight is 189 g/mol. The first kappa shape index (κ1) is 11.3. The van der Waals surface area contributed by atoms with Crippen molar-refractivity contribution in [2.75, 3.05) is 25.1 Å². The predicted octanol–water partition coefficient (Wildman–Crippen LogP) is -0.157. The Morgan fingerprint density at radius 1 is 1.75 bits per heavy atom. The van der Waals surface area contributed by atoms with Crippen molar-refractivity contribution in [2.24, 2.45) is 10.7 Å². The van der Waals surface area contributed by atoms with Gasteiger partial charge in [0.25, 0.3) is 0 Å². The Bertz CT molecular complexity index is 150. The second-order valence-electron chi connectivity index (χ2n) is 2.19. The third-order valence-corrected chi connectivity index (χ3v) is 1.83. The van der Waals surface area contributed by atoms with Gasteiger partial charge in [0.05, 0.1) is 12.4 Å². The SMILES string of the molecule is CSCCC(N)=NCCNC=O. The second-order valence-corrected chi connectivity index (χ2v) is 3.17. The number of carbonyl (C=O) groups is 1. The predicted molar refractivity (Wildman–Crippen MR) is 53.6 cm³/mol. The third-order valence-electron chi connectivity index (χ3n) is 1.22. The molecule has 0 rings (SSSR count). The summed E-state index contributed by atoms with van der Waals surface area (Å²) in [6.07, 6.45) is 3.51. The molecule has 3 N–H and O–H groups in total. The van der Waals surface area contributed by atoms with E-state index in [-0.39, 0.29) is 0 Å². The monoisotopic (exact) mass is 189 g/mol. The fraction of sp³-hybridized carbons (Fsp3) is 0.714. The van der Waals surface area contributed by atoms with Gasteiger partial charge in [-0.05, 0) is 12.0 Å². The largest absolute Gasteiger partial charge is 0.387 e. The Balaban J connectivity index is 3.34. The van der Waals surface area contributed by atoms with Crippen molar-refractivity contribution in [1.29, 1.82) is 0 Å². The van der Waals surface area contributed by atoms with Crippen LogP contribution in [0.1, 0.15) is 6.42 Å². The van der Waals surface area contributed by atoms with Crippen LogP contribution in [0.2, 0.25) is 0 Å². The third kappa shape index (κ3) is 7.40. The van der Waals surface area contributed by atoms with Gasteiger partial charge in [0.1, 0.15) is 0 Å². The van der Waals surface area contributed by atoms with Gasteiger partial charge in [-0.1, -0.05) is 0 Å². The molecule has 0 aliphatic rings. The van der Waals surface area contributed by atoms with Crippen molar-refractivity contribution in [1.82, 2.24) is 5.32 Å². The second kappa shape index (κ2) is 8.39. The Hall–Kier alpha value is -0.710. The summed E-state index contributed by atoms with van der Waals surface area (Å²) in [4.78, 5) is 13.9. The van der Waals surface area contributed by atoms with Crippen LogP contribution in [0.25, 0.3) is 0 Å². The van der Waals surface area contributed by atoms with E-state index in [2.05, 4.69) is 10.3 Å². The van der Waals surface area contributed by atoms with Gasteiger partial charge in [0.15, 0.2) is 0 Å². The van der Waals surface area contributed by atoms with Crippen LogP contribution in [-0.2, 0) is 4.79 Å². The number of nitrogens with zero attached hydrogens (tertiary/aromatic N) is 1. The van der Waals surface area contributed by atoms with Crippen LogP contribution in [0, 0.1) is 0 Å². The Labute approximate surface area is 77.0 Å². The molecule has 70 valence electrons. The van der Waals surface area contributed by atoms with Gasteiger partial charge in [0.2, 0.25) is 6.41 Å². The minimum atomic E-state index is 0.559. The normalized spacial score (nSPS) is 11.2. The zero-order valence-corrected chi connectivity index (χ0v) is 8.06. The number of amidine groups is 1. The van der Waals surface area contributed by atoms with Crippen molar-refractivity contribution in [2.45, 2.75) is 6.42 Å². The van der Waals surface area contributed by atoms with Gasteiger partial charge < -0.3 is 11.1 Å². The Morgan fingerprint density at radius 3 is 3.08 bits per heavy atom. The number of hydrogen-bond donors (Lipinski definition) is 2. The minimum absolute atomic E-state index is 0.559. The van der Waals surface area contributed by atoms with Gasteiger partial charge in [-0.15, -0.1) is 0 Å². The van der Waals surface area contributed by atoms with Crippen LogP contribution in [0.5, 0.6) is 0 Å². The molecule has 0 heterocycles. The first-order chi connectivity index (χ1) is 5.81. The van der Waals surface area contributed by atoms with Gasteiger partial charge in [-0.2, -0.15) is 11.8 Å². The van der Waals surface area contributed by atoms with Crippen molar-refractivity contribution in [3.63, 3.8) is 0 Å². The van der Waals surface area contributed by atoms with Crippen LogP contribution in [0.15, 0.2) is 4.99 Å². The molecule has 0 aromatic carbocycles. The number of thioether (sulfide) groups is 1. The zero-order chi connectivity index (χ0) is 9.23. The number of aliphatic imine (C=N–C) groups is 1. The van der Waals surface area contributed by atoms with Crippen molar-refractivity contribution in [3.8, 4) is 0 Å². The van der Waals surface area contributed by atoms with Crippen LogP contribution >= 0.6 is 11.8 Å². The zero-order valence-electron chi connectivity index (χ0n) is 7.25. The molecule has 0 saturated heterocycles. The van der Waals surface area contributed by atoms with Gasteiger partial charge in [-0.3, -0.25) is 9.79 Å². The van der Waals surface area contributed by atoms with Gasteiger partial charge >= 0.3 is 0 Å². The first-order valence-electron chi connectivity index (χ1n) is 3.76. The lowest BCUT2D eigenvalue weighted by Crippen LogP contribution is -2.18. The van der Waals surface area contributed by atoms with Crippen molar-refractivity contribution < 1.29 is 4.79 Å². The number of amides is 1. The minimum Gasteiger partial charge on any atom is -0.387 e. The molecule has 0 aliphatic carbocycles. The van der Waals surface area contributed by atoms with E-state index in [1.54, 1.807) is 11.8 Å². The highest BCUT2D eigenvalue weighted by Gasteiger charge is 1.90. The maximum Gasteiger partial charge on any atom is 0.207 e. The summed E-state index contributed by atoms with van der Waals surface area (Å²) < 4.78 is 0. The lowest BCUT2D eigenvalue weighted by atomic mass is 10.4. The van der Waals surface area contributed by atoms with Crippen LogP contribution in [0.3, 0.4) is 0 Å². The molecule has 0 aromatic heterocycles. The molecule has 4 nitrogen and oxygen atoms in total. The topological polar surface area (TPSA) is 67.5 Å². The van der Waals surface area contributed by atoms with E-state index in [4.69, 9.17) is 5.73 Å². The van der Waals surface area contributed by atoms with Gasteiger partial charge in [0, 0.05) is 13.0 Å². The molecule has 0 saturated carbocycles. The summed E-state index contributed by atoms with van der Waals surface area (Å²) in [6.45, 7) is 1.13. The van der Waals surface area contributed by atoms with E-state index < -0.39 is 0 Å². The Kier molecular flexibility index (Phi) is 7.89. The summed E-state index contributed by atoms with van der Waals surface area (Å²) in [5.74, 6) is 1.66. The number of carbonyl (C=O) groups excluding carboxylic acids is 1. The number of nitrogens with two attached hydrogens (primary N) is 1. The summed E-state index contributed by atoms with van der Waals surface area (Å²) >= 11 is 1.74. The average Bonchev–Trinajstić information content (AvgIpc) is 2.09. The molecule has 5 heteroatoms. The molecule has 0 atom stereocenters. The molecule has 1 amide bonds. The summed E-state index contributed by atoms with van der Waals surface area (Å²) in [5.41, 5.74) is 5.56. The van der Waals surface area contributed by atoms with E-state index in [0.717, 1.165) is 12.2 Å². The lowest BCUT2D eigenvalue weighted by Gasteiger charge is -1.98. The molecular weight excluding hydrogens is 174 g/mol. The molecule has 0 unspecified atom stereocenters. The van der Waals surface area contributed by atoms with Crippen molar-refractivity contribution in [3.05, 3.63) is 0 Å². The first-order valence-corrected chi connectivity index (χ1v) is 5.15. The summed E-state index contributed by atoms with van der Waals surface area (Å²) in [6, 6.07) is 0. The standard InChI is InChI=1S/C7H15N3OS/c1-12-5-2-7(8)10-4-3-9-6-11/h6H,2-5H2,1H3,(H2,8,10)(H,9,11). The number of nitrogens with one attached hydrogen (secondary N) is 1. The van der Waals surface area contributed by atoms with E-state index in [1.165, 1.54) is 0 Å². The molecule has 0 fully saturated rings. The van der Waals surface area contributed by atoms with Crippen LogP contribution < -0.4 is 11.1 Å². The van der Waals surface area contributed by atoms with Crippen LogP contribution in [0.4, 0.5) is 0 Å². The van der Waals surface area contributed by atoms with Crippen molar-refractivity contribution >= 4 is 24.0 Å². The summed E-state index contributed by atoms with van der Waals surface area (Å²) in [7, 11) is 0. The quantitative estimate of drug-likeness (QED) is 0.253. The smallest absolute Gasteiger partial charge is 0.207 e. The fourth-order valence-corrected chi connectivity index (χ4v) is 1.02. The molecule has 0 bridgehead atoms. The number of rotatable bonds is 7. The van der Waals surface area contributed by atoms with E-state index in [1.807, 2.05) is 6.26 Å².